The lowest BCUT2D eigenvalue weighted by Crippen LogP contribution is -1.97. The maximum atomic E-state index is 10.6. The molecule has 0 saturated heterocycles. The number of nitrogens with zero attached hydrogens (tertiary/aromatic N) is 3. The van der Waals surface area contributed by atoms with E-state index in [0.29, 0.717) is 11.1 Å². The van der Waals surface area contributed by atoms with Gasteiger partial charge in [0.1, 0.15) is 5.15 Å². The van der Waals surface area contributed by atoms with E-state index in [9.17, 15) is 10.1 Å². The van der Waals surface area contributed by atoms with Crippen molar-refractivity contribution in [2.24, 2.45) is 0 Å². The van der Waals surface area contributed by atoms with Crippen LogP contribution in [0.1, 0.15) is 24.5 Å². The second-order valence-electron chi connectivity index (χ2n) is 4.35. The number of benzene rings is 1. The number of halogens is 1. The lowest BCUT2D eigenvalue weighted by Gasteiger charge is -2.02. The van der Waals surface area contributed by atoms with E-state index in [0.717, 1.165) is 24.2 Å². The molecular weight excluding hydrogens is 254 g/mol. The summed E-state index contributed by atoms with van der Waals surface area (Å²) in [5, 5.41) is 15.5. The van der Waals surface area contributed by atoms with Crippen LogP contribution in [0.25, 0.3) is 5.69 Å². The Balaban J connectivity index is 1.95. The van der Waals surface area contributed by atoms with Crippen LogP contribution >= 0.6 is 11.6 Å². The molecule has 0 bridgehead atoms. The van der Waals surface area contributed by atoms with E-state index in [4.69, 9.17) is 11.6 Å². The molecule has 2 aromatic rings. The third-order valence-electron chi connectivity index (χ3n) is 2.99. The van der Waals surface area contributed by atoms with Crippen molar-refractivity contribution in [3.63, 3.8) is 0 Å². The Morgan fingerprint density at radius 3 is 2.56 bits per heavy atom. The molecule has 0 unspecified atom stereocenters. The molecule has 0 amide bonds. The first kappa shape index (κ1) is 11.2. The summed E-state index contributed by atoms with van der Waals surface area (Å²) < 4.78 is 1.61. The molecule has 6 heteroatoms. The Hall–Kier alpha value is -1.88. The van der Waals surface area contributed by atoms with Crippen LogP contribution in [0, 0.1) is 10.1 Å². The van der Waals surface area contributed by atoms with Crippen LogP contribution in [0.15, 0.2) is 30.3 Å². The number of hydrogen-bond acceptors (Lipinski definition) is 3. The molecule has 0 spiro atoms. The van der Waals surface area contributed by atoms with Crippen molar-refractivity contribution < 1.29 is 4.92 Å². The van der Waals surface area contributed by atoms with Crippen molar-refractivity contribution in [3.05, 3.63) is 51.3 Å². The highest BCUT2D eigenvalue weighted by molar-refractivity contribution is 6.29. The Labute approximate surface area is 108 Å². The number of hydrogen-bond donors (Lipinski definition) is 0. The van der Waals surface area contributed by atoms with Crippen molar-refractivity contribution in [2.75, 3.05) is 0 Å². The number of nitro benzene ring substituents is 1. The molecule has 0 N–H and O–H groups in total. The normalized spacial score (nSPS) is 14.7. The minimum absolute atomic E-state index is 0.0597. The third kappa shape index (κ3) is 1.97. The van der Waals surface area contributed by atoms with E-state index >= 15 is 0 Å². The van der Waals surface area contributed by atoms with E-state index in [2.05, 4.69) is 5.10 Å². The fraction of sp³-hybridized carbons (Fsp3) is 0.250. The van der Waals surface area contributed by atoms with E-state index in [-0.39, 0.29) is 5.69 Å². The van der Waals surface area contributed by atoms with Gasteiger partial charge in [0, 0.05) is 18.1 Å². The first-order valence-corrected chi connectivity index (χ1v) is 6.03. The van der Waals surface area contributed by atoms with Crippen molar-refractivity contribution in [1.82, 2.24) is 9.78 Å². The van der Waals surface area contributed by atoms with Crippen LogP contribution in [0.5, 0.6) is 0 Å². The molecule has 1 aromatic heterocycles. The summed E-state index contributed by atoms with van der Waals surface area (Å²) in [5.74, 6) is 0.529. The lowest BCUT2D eigenvalue weighted by atomic mass is 10.3. The Morgan fingerprint density at radius 2 is 2.00 bits per heavy atom. The molecule has 1 saturated carbocycles. The van der Waals surface area contributed by atoms with Crippen molar-refractivity contribution in [2.45, 2.75) is 18.8 Å². The van der Waals surface area contributed by atoms with Gasteiger partial charge in [-0.05, 0) is 31.0 Å². The van der Waals surface area contributed by atoms with Crippen molar-refractivity contribution >= 4 is 17.3 Å². The molecule has 1 aliphatic carbocycles. The van der Waals surface area contributed by atoms with Gasteiger partial charge in [-0.2, -0.15) is 5.10 Å². The molecule has 1 aromatic carbocycles. The number of nitro groups is 1. The van der Waals surface area contributed by atoms with E-state index in [1.54, 1.807) is 16.8 Å². The van der Waals surface area contributed by atoms with Gasteiger partial charge in [0.2, 0.25) is 0 Å². The highest BCUT2D eigenvalue weighted by atomic mass is 35.5. The van der Waals surface area contributed by atoms with Crippen LogP contribution in [0.3, 0.4) is 0 Å². The molecule has 18 heavy (non-hydrogen) atoms. The largest absolute Gasteiger partial charge is 0.269 e. The number of aromatic nitrogens is 2. The molecule has 3 rings (SSSR count). The van der Waals surface area contributed by atoms with Gasteiger partial charge in [0.15, 0.2) is 0 Å². The molecule has 92 valence electrons. The van der Waals surface area contributed by atoms with Crippen LogP contribution in [-0.4, -0.2) is 14.7 Å². The SMILES string of the molecule is O=[N+]([O-])c1ccc(-n2nc(C3CC3)cc2Cl)cc1. The van der Waals surface area contributed by atoms with Crippen LogP contribution in [0.4, 0.5) is 5.69 Å². The summed E-state index contributed by atoms with van der Waals surface area (Å²) in [4.78, 5) is 10.1. The fourth-order valence-corrected chi connectivity index (χ4v) is 2.10. The summed E-state index contributed by atoms with van der Waals surface area (Å²) in [6.45, 7) is 0. The smallest absolute Gasteiger partial charge is 0.258 e. The second kappa shape index (κ2) is 4.10. The number of rotatable bonds is 3. The first-order valence-electron chi connectivity index (χ1n) is 5.65. The van der Waals surface area contributed by atoms with Gasteiger partial charge in [0.25, 0.3) is 5.69 Å². The van der Waals surface area contributed by atoms with Gasteiger partial charge in [-0.1, -0.05) is 11.6 Å². The van der Waals surface area contributed by atoms with Crippen molar-refractivity contribution in [1.29, 1.82) is 0 Å². The molecule has 5 nitrogen and oxygen atoms in total. The summed E-state index contributed by atoms with van der Waals surface area (Å²) in [6.07, 6.45) is 2.32. The van der Waals surface area contributed by atoms with Crippen LogP contribution in [-0.2, 0) is 0 Å². The molecule has 0 atom stereocenters. The van der Waals surface area contributed by atoms with E-state index < -0.39 is 4.92 Å². The van der Waals surface area contributed by atoms with Gasteiger partial charge in [-0.15, -0.1) is 0 Å². The Bertz CT molecular complexity index is 602. The molecule has 1 heterocycles. The maximum Gasteiger partial charge on any atom is 0.269 e. The number of non-ortho nitro benzene ring substituents is 1. The van der Waals surface area contributed by atoms with Gasteiger partial charge in [-0.3, -0.25) is 10.1 Å². The summed E-state index contributed by atoms with van der Waals surface area (Å²) in [6, 6.07) is 8.05. The zero-order valence-electron chi connectivity index (χ0n) is 9.41. The van der Waals surface area contributed by atoms with Gasteiger partial charge in [-0.25, -0.2) is 4.68 Å². The summed E-state index contributed by atoms with van der Waals surface area (Å²) in [7, 11) is 0. The molecular formula is C12H10ClN3O2. The molecule has 0 radical (unpaired) electrons. The zero-order valence-corrected chi connectivity index (χ0v) is 10.2. The van der Waals surface area contributed by atoms with E-state index in [1.165, 1.54) is 12.1 Å². The second-order valence-corrected chi connectivity index (χ2v) is 4.74. The van der Waals surface area contributed by atoms with Crippen molar-refractivity contribution in [3.8, 4) is 5.69 Å². The van der Waals surface area contributed by atoms with Crippen LogP contribution < -0.4 is 0 Å². The standard InChI is InChI=1S/C12H10ClN3O2/c13-12-7-11(8-1-2-8)14-15(12)9-3-5-10(6-4-9)16(17)18/h3-8H,1-2H2. The van der Waals surface area contributed by atoms with Gasteiger partial charge in [0.05, 0.1) is 16.3 Å². The molecule has 0 aliphatic heterocycles. The summed E-state index contributed by atoms with van der Waals surface area (Å²) >= 11 is 6.12. The maximum absolute atomic E-state index is 10.6. The Morgan fingerprint density at radius 1 is 1.33 bits per heavy atom. The average molecular weight is 264 g/mol. The minimum Gasteiger partial charge on any atom is -0.258 e. The molecule has 1 fully saturated rings. The third-order valence-corrected chi connectivity index (χ3v) is 3.25. The lowest BCUT2D eigenvalue weighted by molar-refractivity contribution is -0.384. The van der Waals surface area contributed by atoms with Gasteiger partial charge < -0.3 is 0 Å². The zero-order chi connectivity index (χ0) is 12.7. The highest BCUT2D eigenvalue weighted by Crippen LogP contribution is 2.40. The predicted molar refractivity (Wildman–Crippen MR) is 67.2 cm³/mol. The fourth-order valence-electron chi connectivity index (χ4n) is 1.85. The summed E-state index contributed by atoms with van der Waals surface area (Å²) in [5.41, 5.74) is 1.79. The quantitative estimate of drug-likeness (QED) is 0.630. The van der Waals surface area contributed by atoms with Crippen LogP contribution in [0.2, 0.25) is 5.15 Å². The predicted octanol–water partition coefficient (Wildman–Crippen LogP) is 3.31. The monoisotopic (exact) mass is 263 g/mol. The highest BCUT2D eigenvalue weighted by Gasteiger charge is 2.27. The Kier molecular flexibility index (Phi) is 2.56. The molecule has 1 aliphatic rings. The topological polar surface area (TPSA) is 61.0 Å². The average Bonchev–Trinajstić information content (AvgIpc) is 3.13. The van der Waals surface area contributed by atoms with Gasteiger partial charge >= 0.3 is 0 Å². The van der Waals surface area contributed by atoms with E-state index in [1.807, 2.05) is 6.07 Å². The first-order chi connectivity index (χ1) is 8.65. The minimum atomic E-state index is -0.426.